The Kier molecular flexibility index (Phi) is 5.32. The average Bonchev–Trinajstić information content (AvgIpc) is 3.01. The Labute approximate surface area is 154 Å². The fourth-order valence-corrected chi connectivity index (χ4v) is 2.60. The third kappa shape index (κ3) is 3.87. The number of aromatic nitrogens is 2. The average molecular weight is 371 g/mol. The summed E-state index contributed by atoms with van der Waals surface area (Å²) in [7, 11) is 1.53. The number of esters is 1. The molecular weight excluding hydrogens is 354 g/mol. The molecule has 3 aromatic rings. The second kappa shape index (κ2) is 7.83. The maximum absolute atomic E-state index is 12.2. The number of pyridine rings is 1. The largest absolute Gasteiger partial charge is 0.461 e. The Morgan fingerprint density at radius 2 is 2.07 bits per heavy atom. The molecule has 0 saturated carbocycles. The van der Waals surface area contributed by atoms with E-state index in [-0.39, 0.29) is 24.9 Å². The topological polar surface area (TPSA) is 106 Å². The predicted molar refractivity (Wildman–Crippen MR) is 95.9 cm³/mol. The van der Waals surface area contributed by atoms with Gasteiger partial charge in [0.1, 0.15) is 24.4 Å². The summed E-state index contributed by atoms with van der Waals surface area (Å²) in [5.41, 5.74) is 0.976. The van der Waals surface area contributed by atoms with Gasteiger partial charge >= 0.3 is 5.97 Å². The molecule has 0 atom stereocenters. The van der Waals surface area contributed by atoms with Crippen molar-refractivity contribution in [2.75, 3.05) is 13.7 Å². The smallest absolute Gasteiger partial charge is 0.355 e. The zero-order chi connectivity index (χ0) is 19.4. The Bertz CT molecular complexity index is 981. The van der Waals surface area contributed by atoms with Gasteiger partial charge in [-0.25, -0.2) is 9.78 Å². The highest BCUT2D eigenvalue weighted by Gasteiger charge is 2.17. The van der Waals surface area contributed by atoms with Gasteiger partial charge in [0.15, 0.2) is 0 Å². The number of carbonyl (C=O) groups excluding carboxylic acids is 1. The van der Waals surface area contributed by atoms with Crippen molar-refractivity contribution in [2.45, 2.75) is 13.7 Å². The molecule has 9 heteroatoms. The molecule has 0 aliphatic rings. The van der Waals surface area contributed by atoms with Crippen molar-refractivity contribution in [1.82, 2.24) is 9.55 Å². The van der Waals surface area contributed by atoms with Crippen LogP contribution in [0.2, 0.25) is 0 Å². The Morgan fingerprint density at radius 1 is 1.26 bits per heavy atom. The summed E-state index contributed by atoms with van der Waals surface area (Å²) in [5.74, 6) is 0.246. The Morgan fingerprint density at radius 3 is 2.70 bits per heavy atom. The van der Waals surface area contributed by atoms with E-state index in [0.717, 1.165) is 17.1 Å². The molecule has 2 heterocycles. The van der Waals surface area contributed by atoms with Gasteiger partial charge < -0.3 is 18.8 Å². The molecule has 9 nitrogen and oxygen atoms in total. The monoisotopic (exact) mass is 371 g/mol. The third-order valence-corrected chi connectivity index (χ3v) is 3.77. The van der Waals surface area contributed by atoms with Gasteiger partial charge in [-0.2, -0.15) is 0 Å². The van der Waals surface area contributed by atoms with Gasteiger partial charge in [0.25, 0.3) is 5.69 Å². The molecule has 27 heavy (non-hydrogen) atoms. The molecule has 0 fully saturated rings. The van der Waals surface area contributed by atoms with Crippen LogP contribution in [0.1, 0.15) is 17.4 Å². The van der Waals surface area contributed by atoms with E-state index in [1.807, 2.05) is 0 Å². The van der Waals surface area contributed by atoms with Gasteiger partial charge in [0.05, 0.1) is 17.0 Å². The Hall–Kier alpha value is -3.46. The minimum Gasteiger partial charge on any atom is -0.461 e. The minimum absolute atomic E-state index is 0.120. The molecule has 0 aliphatic carbocycles. The van der Waals surface area contributed by atoms with Crippen LogP contribution in [-0.4, -0.2) is 34.2 Å². The molecule has 1 aromatic carbocycles. The van der Waals surface area contributed by atoms with Crippen LogP contribution in [0, 0.1) is 10.1 Å². The molecule has 0 unspecified atom stereocenters. The first kappa shape index (κ1) is 18.3. The van der Waals surface area contributed by atoms with Crippen molar-refractivity contribution in [3.8, 4) is 11.6 Å². The summed E-state index contributed by atoms with van der Waals surface area (Å²) >= 11 is 0. The summed E-state index contributed by atoms with van der Waals surface area (Å²) in [6.07, 6.45) is 1.13. The summed E-state index contributed by atoms with van der Waals surface area (Å²) in [6, 6.07) is 9.71. The summed E-state index contributed by atoms with van der Waals surface area (Å²) in [5, 5.41) is 11.5. The molecule has 0 spiro atoms. The first-order valence-corrected chi connectivity index (χ1v) is 8.11. The highest BCUT2D eigenvalue weighted by molar-refractivity contribution is 5.96. The quantitative estimate of drug-likeness (QED) is 0.355. The van der Waals surface area contributed by atoms with Crippen molar-refractivity contribution in [2.24, 2.45) is 0 Å². The second-order valence-electron chi connectivity index (χ2n) is 5.53. The summed E-state index contributed by atoms with van der Waals surface area (Å²) < 4.78 is 17.6. The van der Waals surface area contributed by atoms with Gasteiger partial charge in [-0.05, 0) is 25.1 Å². The number of methoxy groups -OCH3 is 1. The highest BCUT2D eigenvalue weighted by atomic mass is 16.6. The SMILES string of the molecule is CCOC(=O)c1cc2ccc(Oc3ccc([N+](=O)[O-])cn3)cc2n1COC. The van der Waals surface area contributed by atoms with E-state index in [2.05, 4.69) is 4.98 Å². The van der Waals surface area contributed by atoms with Gasteiger partial charge in [-0.15, -0.1) is 0 Å². The number of nitrogens with zero attached hydrogens (tertiary/aromatic N) is 3. The normalized spacial score (nSPS) is 10.7. The van der Waals surface area contributed by atoms with Crippen LogP contribution in [0.25, 0.3) is 10.9 Å². The predicted octanol–water partition coefficient (Wildman–Crippen LogP) is 3.52. The van der Waals surface area contributed by atoms with E-state index in [1.165, 1.54) is 19.2 Å². The lowest BCUT2D eigenvalue weighted by Crippen LogP contribution is -2.13. The maximum atomic E-state index is 12.2. The molecule has 140 valence electrons. The number of hydrogen-bond donors (Lipinski definition) is 0. The summed E-state index contributed by atoms with van der Waals surface area (Å²) in [4.78, 5) is 26.3. The van der Waals surface area contributed by atoms with Gasteiger partial charge in [-0.3, -0.25) is 10.1 Å². The van der Waals surface area contributed by atoms with E-state index in [1.54, 1.807) is 35.8 Å². The van der Waals surface area contributed by atoms with Crippen LogP contribution < -0.4 is 4.74 Å². The lowest BCUT2D eigenvalue weighted by atomic mass is 10.2. The van der Waals surface area contributed by atoms with E-state index in [0.29, 0.717) is 11.4 Å². The van der Waals surface area contributed by atoms with Crippen LogP contribution >= 0.6 is 0 Å². The fourth-order valence-electron chi connectivity index (χ4n) is 2.60. The molecule has 0 N–H and O–H groups in total. The number of nitro groups is 1. The summed E-state index contributed by atoms with van der Waals surface area (Å²) in [6.45, 7) is 2.18. The molecule has 3 rings (SSSR count). The first-order chi connectivity index (χ1) is 13.0. The zero-order valence-corrected chi connectivity index (χ0v) is 14.7. The van der Waals surface area contributed by atoms with Crippen molar-refractivity contribution in [3.63, 3.8) is 0 Å². The number of rotatable bonds is 7. The third-order valence-electron chi connectivity index (χ3n) is 3.77. The van der Waals surface area contributed by atoms with Crippen molar-refractivity contribution in [3.05, 3.63) is 58.4 Å². The van der Waals surface area contributed by atoms with Crippen LogP contribution in [0.4, 0.5) is 5.69 Å². The first-order valence-electron chi connectivity index (χ1n) is 8.11. The second-order valence-corrected chi connectivity index (χ2v) is 5.53. The van der Waals surface area contributed by atoms with Crippen molar-refractivity contribution in [1.29, 1.82) is 0 Å². The number of ether oxygens (including phenoxy) is 3. The van der Waals surface area contributed by atoms with E-state index in [4.69, 9.17) is 14.2 Å². The Balaban J connectivity index is 1.94. The highest BCUT2D eigenvalue weighted by Crippen LogP contribution is 2.28. The fraction of sp³-hybridized carbons (Fsp3) is 0.222. The van der Waals surface area contributed by atoms with E-state index >= 15 is 0 Å². The molecule has 0 aliphatic heterocycles. The number of carbonyl (C=O) groups is 1. The molecular formula is C18H17N3O6. The van der Waals surface area contributed by atoms with Crippen molar-refractivity contribution >= 4 is 22.6 Å². The van der Waals surface area contributed by atoms with E-state index < -0.39 is 10.9 Å². The molecule has 0 bridgehead atoms. The van der Waals surface area contributed by atoms with Gasteiger partial charge in [-0.1, -0.05) is 0 Å². The lowest BCUT2D eigenvalue weighted by Gasteiger charge is -2.10. The van der Waals surface area contributed by atoms with Crippen molar-refractivity contribution < 1.29 is 23.9 Å². The van der Waals surface area contributed by atoms with Crippen LogP contribution in [0.5, 0.6) is 11.6 Å². The molecule has 0 saturated heterocycles. The lowest BCUT2D eigenvalue weighted by molar-refractivity contribution is -0.385. The number of fused-ring (bicyclic) bond motifs is 1. The minimum atomic E-state index is -0.530. The van der Waals surface area contributed by atoms with Gasteiger partial charge in [0.2, 0.25) is 5.88 Å². The van der Waals surface area contributed by atoms with E-state index in [9.17, 15) is 14.9 Å². The molecule has 0 radical (unpaired) electrons. The van der Waals surface area contributed by atoms with Crippen LogP contribution in [0.3, 0.4) is 0 Å². The molecule has 0 amide bonds. The maximum Gasteiger partial charge on any atom is 0.355 e. The zero-order valence-electron chi connectivity index (χ0n) is 14.7. The number of hydrogen-bond acceptors (Lipinski definition) is 7. The standard InChI is InChI=1S/C18H17N3O6/c1-3-26-18(22)16-8-12-4-6-14(9-15(12)20(16)11-25-2)27-17-7-5-13(10-19-17)21(23)24/h4-10H,3,11H2,1-2H3. The van der Waals surface area contributed by atoms with Crippen LogP contribution in [-0.2, 0) is 16.2 Å². The number of benzene rings is 1. The molecule has 2 aromatic heterocycles. The van der Waals surface area contributed by atoms with Crippen LogP contribution in [0.15, 0.2) is 42.6 Å². The van der Waals surface area contributed by atoms with Gasteiger partial charge in [0, 0.05) is 30.7 Å².